The fourth-order valence-electron chi connectivity index (χ4n) is 3.17. The van der Waals surface area contributed by atoms with Crippen LogP contribution in [0.5, 0.6) is 0 Å². The Bertz CT molecular complexity index is 899. The highest BCUT2D eigenvalue weighted by Gasteiger charge is 2.21. The molecule has 0 radical (unpaired) electrons. The second kappa shape index (κ2) is 9.80. The minimum Gasteiger partial charge on any atom is -0.380 e. The quantitative estimate of drug-likeness (QED) is 0.276. The summed E-state index contributed by atoms with van der Waals surface area (Å²) in [6, 6.07) is 2.73. The van der Waals surface area contributed by atoms with E-state index < -0.39 is 10.8 Å². The Kier molecular flexibility index (Phi) is 6.93. The first-order valence-electron chi connectivity index (χ1n) is 9.53. The normalized spacial score (nSPS) is 14.3. The number of nitrogen functional groups attached to an aromatic ring is 1. The van der Waals surface area contributed by atoms with Gasteiger partial charge in [0, 0.05) is 75.5 Å². The third kappa shape index (κ3) is 5.52. The lowest BCUT2D eigenvalue weighted by Gasteiger charge is -2.27. The zero-order valence-electron chi connectivity index (χ0n) is 16.4. The first-order valence-corrected chi connectivity index (χ1v) is 9.53. The van der Waals surface area contributed by atoms with Crippen molar-refractivity contribution in [2.75, 3.05) is 55.6 Å². The minimum absolute atomic E-state index is 0.0331. The number of hydrogen-bond donors (Lipinski definition) is 5. The molecule has 1 aliphatic rings. The Morgan fingerprint density at radius 1 is 1.20 bits per heavy atom. The van der Waals surface area contributed by atoms with Crippen LogP contribution >= 0.6 is 0 Å². The van der Waals surface area contributed by atoms with Crippen molar-refractivity contribution < 1.29 is 9.72 Å². The molecule has 30 heavy (non-hydrogen) atoms. The molecular formula is C18H25N9O3. The number of hydrogen-bond acceptors (Lipinski definition) is 10. The van der Waals surface area contributed by atoms with Crippen molar-refractivity contribution in [3.8, 4) is 0 Å². The molecule has 12 nitrogen and oxygen atoms in total. The van der Waals surface area contributed by atoms with Crippen molar-refractivity contribution in [2.45, 2.75) is 6.54 Å². The number of nitrogens with zero attached hydrogens (tertiary/aromatic N) is 4. The van der Waals surface area contributed by atoms with Gasteiger partial charge >= 0.3 is 0 Å². The van der Waals surface area contributed by atoms with Crippen LogP contribution in [0, 0.1) is 10.1 Å². The summed E-state index contributed by atoms with van der Waals surface area (Å²) < 4.78 is 0. The van der Waals surface area contributed by atoms with Crippen LogP contribution in [-0.4, -0.2) is 65.0 Å². The Labute approximate surface area is 173 Å². The zero-order valence-corrected chi connectivity index (χ0v) is 16.4. The van der Waals surface area contributed by atoms with E-state index in [1.165, 1.54) is 12.1 Å². The van der Waals surface area contributed by atoms with Crippen LogP contribution in [0.25, 0.3) is 0 Å². The number of anilines is 3. The molecule has 1 fully saturated rings. The van der Waals surface area contributed by atoms with Gasteiger partial charge in [-0.15, -0.1) is 0 Å². The maximum Gasteiger partial charge on any atom is 0.293 e. The van der Waals surface area contributed by atoms with E-state index in [1.54, 1.807) is 12.4 Å². The summed E-state index contributed by atoms with van der Waals surface area (Å²) in [5, 5.41) is 21.0. The van der Waals surface area contributed by atoms with Crippen molar-refractivity contribution in [1.29, 1.82) is 0 Å². The fourth-order valence-corrected chi connectivity index (χ4v) is 3.17. The van der Waals surface area contributed by atoms with Crippen molar-refractivity contribution >= 4 is 28.9 Å². The molecule has 1 aromatic carbocycles. The van der Waals surface area contributed by atoms with Gasteiger partial charge in [0.2, 0.25) is 5.95 Å². The van der Waals surface area contributed by atoms with Crippen LogP contribution in [0.15, 0.2) is 24.5 Å². The van der Waals surface area contributed by atoms with Gasteiger partial charge < -0.3 is 27.4 Å². The van der Waals surface area contributed by atoms with Crippen molar-refractivity contribution in [2.24, 2.45) is 5.73 Å². The second-order valence-corrected chi connectivity index (χ2v) is 6.86. The number of primary amides is 1. The van der Waals surface area contributed by atoms with Gasteiger partial charge in [-0.05, 0) is 6.07 Å². The number of rotatable bonds is 9. The van der Waals surface area contributed by atoms with E-state index in [1.807, 2.05) is 0 Å². The average molecular weight is 415 g/mol. The maximum absolute atomic E-state index is 11.9. The van der Waals surface area contributed by atoms with Gasteiger partial charge in [-0.1, -0.05) is 0 Å². The summed E-state index contributed by atoms with van der Waals surface area (Å²) in [6.45, 7) is 5.29. The molecule has 1 aromatic heterocycles. The van der Waals surface area contributed by atoms with Crippen LogP contribution in [0.2, 0.25) is 0 Å². The molecule has 2 aromatic rings. The van der Waals surface area contributed by atoms with Gasteiger partial charge in [0.1, 0.15) is 5.69 Å². The number of nitro benzene ring substituents is 1. The van der Waals surface area contributed by atoms with E-state index >= 15 is 0 Å². The Morgan fingerprint density at radius 2 is 1.90 bits per heavy atom. The summed E-state index contributed by atoms with van der Waals surface area (Å²) in [5.41, 5.74) is 12.2. The van der Waals surface area contributed by atoms with Crippen LogP contribution in [0.3, 0.4) is 0 Å². The molecule has 1 saturated heterocycles. The molecule has 1 aliphatic heterocycles. The molecule has 1 amide bonds. The van der Waals surface area contributed by atoms with Crippen LogP contribution in [-0.2, 0) is 6.54 Å². The number of nitro groups is 1. The van der Waals surface area contributed by atoms with E-state index in [0.29, 0.717) is 24.5 Å². The van der Waals surface area contributed by atoms with Crippen LogP contribution in [0.4, 0.5) is 23.0 Å². The third-order valence-electron chi connectivity index (χ3n) is 4.76. The maximum atomic E-state index is 11.9. The molecular weight excluding hydrogens is 390 g/mol. The molecule has 0 saturated carbocycles. The number of carbonyl (C=O) groups is 1. The van der Waals surface area contributed by atoms with Crippen molar-refractivity contribution in [3.05, 3.63) is 45.8 Å². The van der Waals surface area contributed by atoms with Gasteiger partial charge in [-0.2, -0.15) is 0 Å². The summed E-state index contributed by atoms with van der Waals surface area (Å²) in [5.74, 6) is -0.607. The number of nitrogens with one attached hydrogen (secondary N) is 3. The Morgan fingerprint density at radius 3 is 2.53 bits per heavy atom. The molecule has 0 aliphatic carbocycles. The molecule has 160 valence electrons. The summed E-state index contributed by atoms with van der Waals surface area (Å²) in [6.07, 6.45) is 3.11. The minimum atomic E-state index is -0.762. The third-order valence-corrected chi connectivity index (χ3v) is 4.76. The summed E-state index contributed by atoms with van der Waals surface area (Å²) >= 11 is 0. The van der Waals surface area contributed by atoms with E-state index in [9.17, 15) is 14.9 Å². The highest BCUT2D eigenvalue weighted by atomic mass is 16.6. The van der Waals surface area contributed by atoms with Gasteiger partial charge in [-0.25, -0.2) is 9.97 Å². The van der Waals surface area contributed by atoms with Gasteiger partial charge in [0.25, 0.3) is 11.6 Å². The number of nitrogens with two attached hydrogens (primary N) is 2. The standard InChI is InChI=1S/C18H25N9O3/c19-17(28)13-7-16(27(29)30)15(22-3-6-26-4-1-21-2-5-26)8-14(13)23-9-12-10-24-18(20)25-11-12/h7-8,10-11,21-23H,1-6,9H2,(H2,19,28)(H2,20,24,25). The van der Waals surface area contributed by atoms with E-state index in [0.717, 1.165) is 38.3 Å². The first-order chi connectivity index (χ1) is 14.4. The van der Waals surface area contributed by atoms with E-state index in [-0.39, 0.29) is 17.2 Å². The largest absolute Gasteiger partial charge is 0.380 e. The monoisotopic (exact) mass is 415 g/mol. The highest BCUT2D eigenvalue weighted by Crippen LogP contribution is 2.31. The molecule has 2 heterocycles. The predicted molar refractivity (Wildman–Crippen MR) is 113 cm³/mol. The number of benzene rings is 1. The lowest BCUT2D eigenvalue weighted by molar-refractivity contribution is -0.384. The summed E-state index contributed by atoms with van der Waals surface area (Å²) in [4.78, 5) is 33.0. The van der Waals surface area contributed by atoms with Crippen LogP contribution in [0.1, 0.15) is 15.9 Å². The van der Waals surface area contributed by atoms with Gasteiger partial charge in [0.05, 0.1) is 10.5 Å². The topological polar surface area (TPSA) is 177 Å². The average Bonchev–Trinajstić information content (AvgIpc) is 2.73. The van der Waals surface area contributed by atoms with E-state index in [2.05, 4.69) is 30.8 Å². The molecule has 0 atom stereocenters. The zero-order chi connectivity index (χ0) is 21.5. The molecule has 7 N–H and O–H groups in total. The molecule has 3 rings (SSSR count). The second-order valence-electron chi connectivity index (χ2n) is 6.86. The lowest BCUT2D eigenvalue weighted by Crippen LogP contribution is -2.45. The predicted octanol–water partition coefficient (Wildman–Crippen LogP) is -0.00490. The summed E-state index contributed by atoms with van der Waals surface area (Å²) in [7, 11) is 0. The smallest absolute Gasteiger partial charge is 0.293 e. The van der Waals surface area contributed by atoms with E-state index in [4.69, 9.17) is 11.5 Å². The number of aromatic nitrogens is 2. The first kappa shape index (κ1) is 21.2. The molecule has 12 heteroatoms. The molecule has 0 bridgehead atoms. The Hall–Kier alpha value is -3.51. The molecule has 0 unspecified atom stereocenters. The van der Waals surface area contributed by atoms with Gasteiger partial charge in [-0.3, -0.25) is 19.8 Å². The number of carbonyl (C=O) groups excluding carboxylic acids is 1. The fraction of sp³-hybridized carbons (Fsp3) is 0.389. The Balaban J connectivity index is 1.77. The SMILES string of the molecule is NC(=O)c1cc([N+](=O)[O-])c(NCCN2CCNCC2)cc1NCc1cnc(N)nc1. The van der Waals surface area contributed by atoms with Crippen molar-refractivity contribution in [3.63, 3.8) is 0 Å². The number of amides is 1. The van der Waals surface area contributed by atoms with Crippen molar-refractivity contribution in [1.82, 2.24) is 20.2 Å². The molecule has 0 spiro atoms. The van der Waals surface area contributed by atoms with Crippen LogP contribution < -0.4 is 27.4 Å². The van der Waals surface area contributed by atoms with Gasteiger partial charge in [0.15, 0.2) is 0 Å². The highest BCUT2D eigenvalue weighted by molar-refractivity contribution is 6.00. The number of piperazine rings is 1. The lowest BCUT2D eigenvalue weighted by atomic mass is 10.1.